The molecule has 0 amide bonds. The van der Waals surface area contributed by atoms with Crippen LogP contribution in [0, 0.1) is 0 Å². The molecule has 0 N–H and O–H groups in total. The van der Waals surface area contributed by atoms with Crippen LogP contribution in [-0.4, -0.2) is 16.3 Å². The first-order valence-corrected chi connectivity index (χ1v) is 7.45. The molecule has 3 rings (SSSR count). The SMILES string of the molecule is FC(F)(F)Oc1cccc(-c2nc(Cl)c3c(n2)CSC3)c1. The smallest absolute Gasteiger partial charge is 0.406 e. The third kappa shape index (κ3) is 3.24. The molecule has 3 nitrogen and oxygen atoms in total. The lowest BCUT2D eigenvalue weighted by atomic mass is 10.2. The van der Waals surface area contributed by atoms with Crippen LogP contribution < -0.4 is 4.74 Å². The Kier molecular flexibility index (Phi) is 3.71. The Morgan fingerprint density at radius 3 is 2.76 bits per heavy atom. The van der Waals surface area contributed by atoms with Gasteiger partial charge in [-0.25, -0.2) is 9.97 Å². The quantitative estimate of drug-likeness (QED) is 0.761. The maximum atomic E-state index is 12.2. The van der Waals surface area contributed by atoms with E-state index < -0.39 is 6.36 Å². The van der Waals surface area contributed by atoms with Gasteiger partial charge in [0.25, 0.3) is 0 Å². The van der Waals surface area contributed by atoms with Gasteiger partial charge in [0.1, 0.15) is 10.9 Å². The highest BCUT2D eigenvalue weighted by Crippen LogP contribution is 2.34. The highest BCUT2D eigenvalue weighted by atomic mass is 35.5. The van der Waals surface area contributed by atoms with Gasteiger partial charge >= 0.3 is 6.36 Å². The maximum absolute atomic E-state index is 12.2. The van der Waals surface area contributed by atoms with Gasteiger partial charge in [0.05, 0.1) is 5.69 Å². The molecule has 1 aromatic carbocycles. The van der Waals surface area contributed by atoms with Crippen molar-refractivity contribution in [1.29, 1.82) is 0 Å². The number of aromatic nitrogens is 2. The van der Waals surface area contributed by atoms with E-state index in [1.165, 1.54) is 18.2 Å². The normalized spacial score (nSPS) is 14.1. The zero-order valence-corrected chi connectivity index (χ0v) is 12.0. The largest absolute Gasteiger partial charge is 0.573 e. The van der Waals surface area contributed by atoms with E-state index in [9.17, 15) is 13.2 Å². The predicted molar refractivity (Wildman–Crippen MR) is 74.2 cm³/mol. The molecule has 0 fully saturated rings. The Balaban J connectivity index is 1.98. The van der Waals surface area contributed by atoms with Crippen molar-refractivity contribution < 1.29 is 17.9 Å². The van der Waals surface area contributed by atoms with Crippen molar-refractivity contribution in [2.75, 3.05) is 0 Å². The fourth-order valence-corrected chi connectivity index (χ4v) is 3.35. The minimum atomic E-state index is -4.73. The van der Waals surface area contributed by atoms with Crippen LogP contribution in [0.5, 0.6) is 5.75 Å². The molecular weight excluding hydrogens is 325 g/mol. The van der Waals surface area contributed by atoms with Crippen molar-refractivity contribution in [1.82, 2.24) is 9.97 Å². The van der Waals surface area contributed by atoms with Crippen LogP contribution in [0.1, 0.15) is 11.3 Å². The van der Waals surface area contributed by atoms with Crippen LogP contribution in [0.3, 0.4) is 0 Å². The molecule has 0 spiro atoms. The van der Waals surface area contributed by atoms with Crippen LogP contribution in [0.4, 0.5) is 13.2 Å². The zero-order valence-electron chi connectivity index (χ0n) is 10.4. The van der Waals surface area contributed by atoms with E-state index in [4.69, 9.17) is 11.6 Å². The molecule has 21 heavy (non-hydrogen) atoms. The number of nitrogens with zero attached hydrogens (tertiary/aromatic N) is 2. The molecule has 110 valence electrons. The van der Waals surface area contributed by atoms with E-state index >= 15 is 0 Å². The minimum absolute atomic E-state index is 0.300. The summed E-state index contributed by atoms with van der Waals surface area (Å²) < 4.78 is 40.6. The lowest BCUT2D eigenvalue weighted by Gasteiger charge is -2.10. The summed E-state index contributed by atoms with van der Waals surface area (Å²) in [4.78, 5) is 8.53. The summed E-state index contributed by atoms with van der Waals surface area (Å²) >= 11 is 7.77. The number of hydrogen-bond donors (Lipinski definition) is 0. The van der Waals surface area contributed by atoms with E-state index in [1.54, 1.807) is 17.8 Å². The molecule has 1 aromatic heterocycles. The van der Waals surface area contributed by atoms with Crippen LogP contribution in [0.2, 0.25) is 5.15 Å². The van der Waals surface area contributed by atoms with Crippen LogP contribution in [0.25, 0.3) is 11.4 Å². The van der Waals surface area contributed by atoms with E-state index in [0.717, 1.165) is 22.8 Å². The standard InChI is InChI=1S/C13H8ClF3N2OS/c14-11-9-5-21-6-10(9)18-12(19-11)7-2-1-3-8(4-7)20-13(15,16)17/h1-4H,5-6H2. The van der Waals surface area contributed by atoms with E-state index in [1.807, 2.05) is 0 Å². The topological polar surface area (TPSA) is 35.0 Å². The van der Waals surface area contributed by atoms with Crippen molar-refractivity contribution in [2.24, 2.45) is 0 Å². The maximum Gasteiger partial charge on any atom is 0.573 e. The van der Waals surface area contributed by atoms with Gasteiger partial charge in [0.2, 0.25) is 0 Å². The second-order valence-corrected chi connectivity index (χ2v) is 5.68. The van der Waals surface area contributed by atoms with Gasteiger partial charge < -0.3 is 4.74 Å². The Labute approximate surface area is 127 Å². The Hall–Kier alpha value is -1.47. The second-order valence-electron chi connectivity index (χ2n) is 4.33. The number of alkyl halides is 3. The van der Waals surface area contributed by atoms with Gasteiger partial charge in [-0.05, 0) is 12.1 Å². The number of benzene rings is 1. The first kappa shape index (κ1) is 14.5. The van der Waals surface area contributed by atoms with Gasteiger partial charge in [0, 0.05) is 22.6 Å². The predicted octanol–water partition coefficient (Wildman–Crippen LogP) is 4.44. The number of hydrogen-bond acceptors (Lipinski definition) is 4. The molecule has 2 heterocycles. The van der Waals surface area contributed by atoms with E-state index in [0.29, 0.717) is 16.5 Å². The fourth-order valence-electron chi connectivity index (χ4n) is 1.97. The lowest BCUT2D eigenvalue weighted by molar-refractivity contribution is -0.274. The molecule has 0 unspecified atom stereocenters. The van der Waals surface area contributed by atoms with Crippen LogP contribution in [0.15, 0.2) is 24.3 Å². The fraction of sp³-hybridized carbons (Fsp3) is 0.231. The monoisotopic (exact) mass is 332 g/mol. The van der Waals surface area contributed by atoms with Crippen molar-refractivity contribution in [2.45, 2.75) is 17.9 Å². The van der Waals surface area contributed by atoms with Gasteiger partial charge in [-0.15, -0.1) is 13.2 Å². The molecule has 8 heteroatoms. The molecule has 0 aliphatic carbocycles. The third-order valence-electron chi connectivity index (χ3n) is 2.85. The summed E-state index contributed by atoms with van der Waals surface area (Å²) in [7, 11) is 0. The summed E-state index contributed by atoms with van der Waals surface area (Å²) in [6.45, 7) is 0. The zero-order chi connectivity index (χ0) is 15.0. The number of ether oxygens (including phenoxy) is 1. The van der Waals surface area contributed by atoms with Gasteiger partial charge in [-0.1, -0.05) is 23.7 Å². The number of fused-ring (bicyclic) bond motifs is 1. The molecule has 0 saturated carbocycles. The van der Waals surface area contributed by atoms with Crippen molar-refractivity contribution in [3.8, 4) is 17.1 Å². The molecule has 0 radical (unpaired) electrons. The van der Waals surface area contributed by atoms with E-state index in [-0.39, 0.29) is 5.75 Å². The first-order chi connectivity index (χ1) is 9.92. The van der Waals surface area contributed by atoms with Crippen LogP contribution in [-0.2, 0) is 11.5 Å². The summed E-state index contributed by atoms with van der Waals surface area (Å²) in [5.41, 5.74) is 2.16. The molecular formula is C13H8ClF3N2OS. The summed E-state index contributed by atoms with van der Waals surface area (Å²) in [5, 5.41) is 0.349. The van der Waals surface area contributed by atoms with Gasteiger partial charge in [0.15, 0.2) is 5.82 Å². The molecule has 2 aromatic rings. The lowest BCUT2D eigenvalue weighted by Crippen LogP contribution is -2.17. The molecule has 0 bridgehead atoms. The molecule has 1 aliphatic heterocycles. The van der Waals surface area contributed by atoms with Crippen molar-refractivity contribution >= 4 is 23.4 Å². The molecule has 0 saturated heterocycles. The highest BCUT2D eigenvalue weighted by Gasteiger charge is 2.31. The van der Waals surface area contributed by atoms with E-state index in [2.05, 4.69) is 14.7 Å². The Bertz CT molecular complexity index is 694. The average molecular weight is 333 g/mol. The highest BCUT2D eigenvalue weighted by molar-refractivity contribution is 7.98. The number of halogens is 4. The Morgan fingerprint density at radius 1 is 1.19 bits per heavy atom. The summed E-state index contributed by atoms with van der Waals surface area (Å²) in [5.74, 6) is 1.47. The second kappa shape index (κ2) is 5.38. The average Bonchev–Trinajstić information content (AvgIpc) is 2.86. The Morgan fingerprint density at radius 2 is 2.00 bits per heavy atom. The third-order valence-corrected chi connectivity index (χ3v) is 4.14. The molecule has 0 atom stereocenters. The minimum Gasteiger partial charge on any atom is -0.406 e. The van der Waals surface area contributed by atoms with Crippen molar-refractivity contribution in [3.63, 3.8) is 0 Å². The molecule has 1 aliphatic rings. The van der Waals surface area contributed by atoms with Gasteiger partial charge in [-0.2, -0.15) is 11.8 Å². The van der Waals surface area contributed by atoms with Gasteiger partial charge in [-0.3, -0.25) is 0 Å². The van der Waals surface area contributed by atoms with Crippen molar-refractivity contribution in [3.05, 3.63) is 40.7 Å². The summed E-state index contributed by atoms with van der Waals surface area (Å²) in [6, 6.07) is 5.54. The number of thioether (sulfide) groups is 1. The van der Waals surface area contributed by atoms with Crippen LogP contribution >= 0.6 is 23.4 Å². The first-order valence-electron chi connectivity index (χ1n) is 5.91. The summed E-state index contributed by atoms with van der Waals surface area (Å²) in [6.07, 6.45) is -4.73. The number of rotatable bonds is 2.